The Labute approximate surface area is 153 Å². The summed E-state index contributed by atoms with van der Waals surface area (Å²) in [5, 5.41) is 0. The molecule has 3 aliphatic heterocycles. The lowest BCUT2D eigenvalue weighted by Gasteiger charge is -2.27. The normalized spacial score (nSPS) is 34.7. The van der Waals surface area contributed by atoms with Crippen LogP contribution in [0.3, 0.4) is 0 Å². The topological polar surface area (TPSA) is 80.3 Å². The van der Waals surface area contributed by atoms with E-state index in [9.17, 15) is 8.42 Å². The Morgan fingerprint density at radius 1 is 0.962 bits per heavy atom. The first kappa shape index (κ1) is 18.3. The average Bonchev–Trinajstić information content (AvgIpc) is 3.20. The van der Waals surface area contributed by atoms with Crippen molar-refractivity contribution in [2.24, 2.45) is 0 Å². The van der Waals surface area contributed by atoms with E-state index in [2.05, 4.69) is 0 Å². The maximum atomic E-state index is 12.5. The zero-order valence-corrected chi connectivity index (χ0v) is 15.5. The smallest absolute Gasteiger partial charge is 0.297 e. The van der Waals surface area contributed by atoms with Crippen molar-refractivity contribution >= 4 is 10.1 Å². The Bertz CT molecular complexity index is 712. The molecule has 0 spiro atoms. The van der Waals surface area contributed by atoms with Crippen molar-refractivity contribution in [2.45, 2.75) is 61.8 Å². The number of ether oxygens (including phenoxy) is 4. The molecule has 4 rings (SSSR count). The first-order chi connectivity index (χ1) is 12.5. The third-order valence-corrected chi connectivity index (χ3v) is 6.34. The van der Waals surface area contributed by atoms with Crippen molar-refractivity contribution in [3.05, 3.63) is 29.8 Å². The Morgan fingerprint density at radius 3 is 2.35 bits per heavy atom. The van der Waals surface area contributed by atoms with Gasteiger partial charge in [0, 0.05) is 6.61 Å². The Kier molecular flexibility index (Phi) is 5.31. The number of rotatable bonds is 5. The minimum atomic E-state index is -3.87. The molecular weight excluding hydrogens is 360 g/mol. The van der Waals surface area contributed by atoms with Gasteiger partial charge in [-0.05, 0) is 38.3 Å². The molecule has 0 radical (unpaired) electrons. The van der Waals surface area contributed by atoms with Crippen LogP contribution in [0.5, 0.6) is 0 Å². The molecule has 7 nitrogen and oxygen atoms in total. The van der Waals surface area contributed by atoms with Crippen molar-refractivity contribution < 1.29 is 31.5 Å². The van der Waals surface area contributed by atoms with Gasteiger partial charge in [-0.15, -0.1) is 0 Å². The molecule has 0 bridgehead atoms. The number of fused-ring (bicyclic) bond motifs is 1. The molecule has 3 fully saturated rings. The van der Waals surface area contributed by atoms with Crippen LogP contribution in [0.15, 0.2) is 29.2 Å². The van der Waals surface area contributed by atoms with Crippen LogP contribution in [0.1, 0.15) is 24.8 Å². The van der Waals surface area contributed by atoms with E-state index in [1.165, 1.54) is 0 Å². The molecule has 0 amide bonds. The summed E-state index contributed by atoms with van der Waals surface area (Å²) in [6, 6.07) is 6.56. The molecule has 0 N–H and O–H groups in total. The van der Waals surface area contributed by atoms with Crippen molar-refractivity contribution in [1.29, 1.82) is 0 Å². The van der Waals surface area contributed by atoms with E-state index in [4.69, 9.17) is 23.1 Å². The highest BCUT2D eigenvalue weighted by molar-refractivity contribution is 7.86. The molecule has 8 heteroatoms. The summed E-state index contributed by atoms with van der Waals surface area (Å²) in [7, 11) is -3.87. The highest BCUT2D eigenvalue weighted by atomic mass is 32.2. The van der Waals surface area contributed by atoms with Crippen LogP contribution in [0, 0.1) is 6.92 Å². The minimum absolute atomic E-state index is 0.132. The fraction of sp³-hybridized carbons (Fsp3) is 0.667. The maximum Gasteiger partial charge on any atom is 0.297 e. The van der Waals surface area contributed by atoms with Gasteiger partial charge in [0.15, 0.2) is 6.29 Å². The Hall–Kier alpha value is -1.03. The van der Waals surface area contributed by atoms with Crippen LogP contribution < -0.4 is 0 Å². The predicted octanol–water partition coefficient (Wildman–Crippen LogP) is 1.78. The third kappa shape index (κ3) is 3.81. The molecule has 1 aromatic carbocycles. The second-order valence-electron chi connectivity index (χ2n) is 6.97. The number of hydrogen-bond donors (Lipinski definition) is 0. The van der Waals surface area contributed by atoms with Crippen molar-refractivity contribution in [3.8, 4) is 0 Å². The van der Waals surface area contributed by atoms with Crippen LogP contribution in [-0.2, 0) is 33.2 Å². The van der Waals surface area contributed by atoms with Crippen LogP contribution in [0.25, 0.3) is 0 Å². The van der Waals surface area contributed by atoms with Crippen LogP contribution in [0.4, 0.5) is 0 Å². The number of aryl methyl sites for hydroxylation is 1. The summed E-state index contributed by atoms with van der Waals surface area (Å²) in [5.41, 5.74) is 0.984. The van der Waals surface area contributed by atoms with E-state index in [-0.39, 0.29) is 30.0 Å². The second-order valence-corrected chi connectivity index (χ2v) is 8.54. The molecule has 3 saturated heterocycles. The zero-order valence-electron chi connectivity index (χ0n) is 14.7. The Balaban J connectivity index is 1.38. The van der Waals surface area contributed by atoms with Gasteiger partial charge in [0.05, 0.1) is 18.1 Å². The van der Waals surface area contributed by atoms with Crippen molar-refractivity contribution in [2.75, 3.05) is 19.8 Å². The molecular formula is C18H24O7S. The monoisotopic (exact) mass is 384 g/mol. The van der Waals surface area contributed by atoms with Gasteiger partial charge in [-0.1, -0.05) is 17.7 Å². The molecule has 0 saturated carbocycles. The van der Waals surface area contributed by atoms with E-state index in [0.29, 0.717) is 13.2 Å². The minimum Gasteiger partial charge on any atom is -0.370 e. The van der Waals surface area contributed by atoms with E-state index in [0.717, 1.165) is 24.8 Å². The summed E-state index contributed by atoms with van der Waals surface area (Å²) in [6.45, 7) is 3.11. The molecule has 0 aromatic heterocycles. The van der Waals surface area contributed by atoms with Gasteiger partial charge >= 0.3 is 0 Å². The molecule has 0 aliphatic carbocycles. The first-order valence-electron chi connectivity index (χ1n) is 9.03. The maximum absolute atomic E-state index is 12.5. The highest BCUT2D eigenvalue weighted by Gasteiger charge is 2.51. The van der Waals surface area contributed by atoms with E-state index < -0.39 is 22.3 Å². The standard InChI is InChI=1S/C18H24O7S/c1-12-5-7-13(8-6-12)26(19,20)25-15-11-23-17-14(10-22-18(15)17)24-16-4-2-3-9-21-16/h5-8,14-18H,2-4,9-11H2,1H3/t14-,15+,16?,17+,18+/m1/s1. The summed E-state index contributed by atoms with van der Waals surface area (Å²) < 4.78 is 53.5. The van der Waals surface area contributed by atoms with Gasteiger partial charge in [-0.2, -0.15) is 8.42 Å². The van der Waals surface area contributed by atoms with Gasteiger partial charge in [-0.3, -0.25) is 4.18 Å². The fourth-order valence-electron chi connectivity index (χ4n) is 3.56. The summed E-state index contributed by atoms with van der Waals surface area (Å²) >= 11 is 0. The largest absolute Gasteiger partial charge is 0.370 e. The third-order valence-electron chi connectivity index (χ3n) is 4.99. The number of benzene rings is 1. The van der Waals surface area contributed by atoms with Gasteiger partial charge < -0.3 is 18.9 Å². The first-order valence-corrected chi connectivity index (χ1v) is 10.4. The molecule has 1 aromatic rings. The Morgan fingerprint density at radius 2 is 1.65 bits per heavy atom. The second kappa shape index (κ2) is 7.53. The van der Waals surface area contributed by atoms with E-state index in [1.807, 2.05) is 6.92 Å². The van der Waals surface area contributed by atoms with Gasteiger partial charge in [-0.25, -0.2) is 0 Å². The molecule has 5 atom stereocenters. The quantitative estimate of drug-likeness (QED) is 0.716. The van der Waals surface area contributed by atoms with Gasteiger partial charge in [0.1, 0.15) is 24.4 Å². The fourth-order valence-corrected chi connectivity index (χ4v) is 4.64. The molecule has 26 heavy (non-hydrogen) atoms. The highest BCUT2D eigenvalue weighted by Crippen LogP contribution is 2.33. The molecule has 144 valence electrons. The average molecular weight is 384 g/mol. The van der Waals surface area contributed by atoms with Crippen LogP contribution in [0.2, 0.25) is 0 Å². The molecule has 3 heterocycles. The predicted molar refractivity (Wildman–Crippen MR) is 91.2 cm³/mol. The van der Waals surface area contributed by atoms with Crippen LogP contribution >= 0.6 is 0 Å². The van der Waals surface area contributed by atoms with Crippen LogP contribution in [-0.4, -0.2) is 58.9 Å². The lowest BCUT2D eigenvalue weighted by Crippen LogP contribution is -2.38. The van der Waals surface area contributed by atoms with Gasteiger partial charge in [0.25, 0.3) is 10.1 Å². The van der Waals surface area contributed by atoms with Crippen molar-refractivity contribution in [3.63, 3.8) is 0 Å². The van der Waals surface area contributed by atoms with E-state index in [1.54, 1.807) is 24.3 Å². The lowest BCUT2D eigenvalue weighted by molar-refractivity contribution is -0.202. The van der Waals surface area contributed by atoms with E-state index >= 15 is 0 Å². The summed E-state index contributed by atoms with van der Waals surface area (Å²) in [5.74, 6) is 0. The summed E-state index contributed by atoms with van der Waals surface area (Å²) in [6.07, 6.45) is 1.02. The van der Waals surface area contributed by atoms with Gasteiger partial charge in [0.2, 0.25) is 0 Å². The molecule has 3 aliphatic rings. The summed E-state index contributed by atoms with van der Waals surface area (Å²) in [4.78, 5) is 0.132. The van der Waals surface area contributed by atoms with Crippen molar-refractivity contribution in [1.82, 2.24) is 0 Å². The number of hydrogen-bond acceptors (Lipinski definition) is 7. The SMILES string of the molecule is Cc1ccc(S(=O)(=O)O[C@H]2CO[C@@H]3[C@H]2OC[C@H]3OC2CCCCO2)cc1. The zero-order chi connectivity index (χ0) is 18.1. The molecule has 1 unspecified atom stereocenters. The lowest BCUT2D eigenvalue weighted by atomic mass is 10.1.